The van der Waals surface area contributed by atoms with Crippen LogP contribution in [0, 0.1) is 5.92 Å². The van der Waals surface area contributed by atoms with Crippen molar-refractivity contribution in [3.05, 3.63) is 0 Å². The molecular weight excluding hydrogens is 236 g/mol. The van der Waals surface area contributed by atoms with Crippen LogP contribution >= 0.6 is 12.4 Å². The summed E-state index contributed by atoms with van der Waals surface area (Å²) in [5, 5.41) is 3.41. The summed E-state index contributed by atoms with van der Waals surface area (Å²) in [6.45, 7) is 4.05. The minimum atomic E-state index is -0.238. The molecule has 0 aromatic rings. The van der Waals surface area contributed by atoms with Crippen LogP contribution in [0.4, 0.5) is 0 Å². The molecule has 2 rings (SSSR count). The van der Waals surface area contributed by atoms with Gasteiger partial charge in [-0.25, -0.2) is 0 Å². The second kappa shape index (κ2) is 6.05. The predicted molar refractivity (Wildman–Crippen MR) is 72.5 cm³/mol. The van der Waals surface area contributed by atoms with Crippen LogP contribution in [0.5, 0.6) is 0 Å². The molecule has 0 aromatic carbocycles. The molecule has 1 aliphatic heterocycles. The lowest BCUT2D eigenvalue weighted by Gasteiger charge is -2.31. The van der Waals surface area contributed by atoms with Gasteiger partial charge in [-0.3, -0.25) is 4.79 Å². The van der Waals surface area contributed by atoms with E-state index in [9.17, 15) is 4.79 Å². The van der Waals surface area contributed by atoms with Crippen LogP contribution in [-0.4, -0.2) is 36.5 Å². The SMILES string of the molecule is CCC1(C(=O)N(C)CCC2CC2)CCCN1.Cl. The van der Waals surface area contributed by atoms with E-state index in [0.717, 1.165) is 38.3 Å². The van der Waals surface area contributed by atoms with Gasteiger partial charge in [0.15, 0.2) is 0 Å². The lowest BCUT2D eigenvalue weighted by Crippen LogP contribution is -2.53. The molecule has 1 saturated heterocycles. The zero-order valence-electron chi connectivity index (χ0n) is 11.0. The Morgan fingerprint density at radius 2 is 2.18 bits per heavy atom. The van der Waals surface area contributed by atoms with Gasteiger partial charge in [-0.05, 0) is 38.1 Å². The summed E-state index contributed by atoms with van der Waals surface area (Å²) in [6.07, 6.45) is 7.01. The summed E-state index contributed by atoms with van der Waals surface area (Å²) in [7, 11) is 1.96. The third-order valence-electron chi connectivity index (χ3n) is 4.17. The van der Waals surface area contributed by atoms with Crippen molar-refractivity contribution in [3.8, 4) is 0 Å². The molecule has 4 heteroatoms. The first-order valence-electron chi connectivity index (χ1n) is 6.68. The van der Waals surface area contributed by atoms with Gasteiger partial charge < -0.3 is 10.2 Å². The first-order chi connectivity index (χ1) is 7.68. The highest BCUT2D eigenvalue weighted by Gasteiger charge is 2.40. The van der Waals surface area contributed by atoms with Gasteiger partial charge in [0, 0.05) is 13.6 Å². The number of likely N-dealkylation sites (N-methyl/N-ethyl adjacent to an activating group) is 1. The number of rotatable bonds is 5. The molecule has 1 N–H and O–H groups in total. The van der Waals surface area contributed by atoms with Crippen LogP contribution in [0.15, 0.2) is 0 Å². The van der Waals surface area contributed by atoms with E-state index in [1.165, 1.54) is 19.3 Å². The Bertz CT molecular complexity index is 260. The second-order valence-electron chi connectivity index (χ2n) is 5.42. The number of nitrogens with one attached hydrogen (secondary N) is 1. The topological polar surface area (TPSA) is 32.3 Å². The maximum absolute atomic E-state index is 12.4. The molecule has 0 spiro atoms. The Hall–Kier alpha value is -0.280. The molecule has 1 atom stereocenters. The van der Waals surface area contributed by atoms with E-state index in [-0.39, 0.29) is 17.9 Å². The Morgan fingerprint density at radius 3 is 2.65 bits per heavy atom. The molecule has 100 valence electrons. The summed E-state index contributed by atoms with van der Waals surface area (Å²) >= 11 is 0. The van der Waals surface area contributed by atoms with Crippen LogP contribution in [0.3, 0.4) is 0 Å². The van der Waals surface area contributed by atoms with E-state index in [0.29, 0.717) is 5.91 Å². The van der Waals surface area contributed by atoms with Crippen molar-refractivity contribution >= 4 is 18.3 Å². The van der Waals surface area contributed by atoms with E-state index in [1.54, 1.807) is 0 Å². The van der Waals surface area contributed by atoms with Gasteiger partial charge in [0.1, 0.15) is 0 Å². The fourth-order valence-corrected chi connectivity index (χ4v) is 2.69. The van der Waals surface area contributed by atoms with Gasteiger partial charge in [-0.2, -0.15) is 0 Å². The average Bonchev–Trinajstić information content (AvgIpc) is 3.01. The van der Waals surface area contributed by atoms with E-state index in [1.807, 2.05) is 11.9 Å². The lowest BCUT2D eigenvalue weighted by molar-refractivity contribution is -0.136. The zero-order valence-corrected chi connectivity index (χ0v) is 11.8. The van der Waals surface area contributed by atoms with Crippen molar-refractivity contribution in [2.24, 2.45) is 5.92 Å². The molecule has 1 heterocycles. The molecule has 1 saturated carbocycles. The van der Waals surface area contributed by atoms with E-state index in [2.05, 4.69) is 12.2 Å². The molecule has 1 amide bonds. The van der Waals surface area contributed by atoms with E-state index < -0.39 is 0 Å². The van der Waals surface area contributed by atoms with Crippen LogP contribution in [-0.2, 0) is 4.79 Å². The molecule has 3 nitrogen and oxygen atoms in total. The van der Waals surface area contributed by atoms with E-state index in [4.69, 9.17) is 0 Å². The largest absolute Gasteiger partial charge is 0.344 e. The van der Waals surface area contributed by atoms with Crippen LogP contribution in [0.25, 0.3) is 0 Å². The molecule has 1 unspecified atom stereocenters. The first-order valence-corrected chi connectivity index (χ1v) is 6.68. The minimum Gasteiger partial charge on any atom is -0.344 e. The Kier molecular flexibility index (Phi) is 5.26. The molecule has 17 heavy (non-hydrogen) atoms. The van der Waals surface area contributed by atoms with Gasteiger partial charge in [-0.15, -0.1) is 12.4 Å². The Labute approximate surface area is 111 Å². The standard InChI is InChI=1S/C13H24N2O.ClH/c1-3-13(8-4-9-14-13)12(16)15(2)10-7-11-5-6-11;/h11,14H,3-10H2,1-2H3;1H. The normalized spacial score (nSPS) is 27.6. The molecule has 1 aliphatic carbocycles. The number of halogens is 1. The van der Waals surface area contributed by atoms with Crippen molar-refractivity contribution < 1.29 is 4.79 Å². The summed E-state index contributed by atoms with van der Waals surface area (Å²) in [5.74, 6) is 1.22. The molecule has 0 bridgehead atoms. The highest BCUT2D eigenvalue weighted by Crippen LogP contribution is 2.33. The maximum Gasteiger partial charge on any atom is 0.242 e. The lowest BCUT2D eigenvalue weighted by atomic mass is 9.92. The number of nitrogens with zero attached hydrogens (tertiary/aromatic N) is 1. The van der Waals surface area contributed by atoms with Gasteiger partial charge in [0.05, 0.1) is 5.54 Å². The van der Waals surface area contributed by atoms with Gasteiger partial charge in [-0.1, -0.05) is 19.8 Å². The van der Waals surface area contributed by atoms with Crippen LogP contribution in [0.2, 0.25) is 0 Å². The molecule has 0 aromatic heterocycles. The molecular formula is C13H25ClN2O. The summed E-state index contributed by atoms with van der Waals surface area (Å²) in [5.41, 5.74) is -0.238. The summed E-state index contributed by atoms with van der Waals surface area (Å²) in [4.78, 5) is 14.3. The predicted octanol–water partition coefficient (Wildman–Crippen LogP) is 2.20. The Balaban J connectivity index is 0.00000144. The van der Waals surface area contributed by atoms with Crippen LogP contribution in [0.1, 0.15) is 45.4 Å². The fourth-order valence-electron chi connectivity index (χ4n) is 2.69. The van der Waals surface area contributed by atoms with Gasteiger partial charge in [0.25, 0.3) is 0 Å². The third kappa shape index (κ3) is 3.35. The van der Waals surface area contributed by atoms with Crippen molar-refractivity contribution in [1.82, 2.24) is 10.2 Å². The van der Waals surface area contributed by atoms with Gasteiger partial charge >= 0.3 is 0 Å². The molecule has 2 aliphatic rings. The van der Waals surface area contributed by atoms with E-state index >= 15 is 0 Å². The summed E-state index contributed by atoms with van der Waals surface area (Å²) < 4.78 is 0. The number of carbonyl (C=O) groups excluding carboxylic acids is 1. The number of amides is 1. The summed E-state index contributed by atoms with van der Waals surface area (Å²) in [6, 6.07) is 0. The Morgan fingerprint density at radius 1 is 1.47 bits per heavy atom. The first kappa shape index (κ1) is 14.8. The monoisotopic (exact) mass is 260 g/mol. The van der Waals surface area contributed by atoms with Crippen molar-refractivity contribution in [3.63, 3.8) is 0 Å². The number of carbonyl (C=O) groups is 1. The fraction of sp³-hybridized carbons (Fsp3) is 0.923. The molecule has 2 fully saturated rings. The highest BCUT2D eigenvalue weighted by atomic mass is 35.5. The van der Waals surface area contributed by atoms with Crippen molar-refractivity contribution in [2.45, 2.75) is 51.0 Å². The van der Waals surface area contributed by atoms with Crippen molar-refractivity contribution in [2.75, 3.05) is 20.1 Å². The smallest absolute Gasteiger partial charge is 0.242 e. The van der Waals surface area contributed by atoms with Crippen LogP contribution < -0.4 is 5.32 Å². The number of hydrogen-bond donors (Lipinski definition) is 1. The highest BCUT2D eigenvalue weighted by molar-refractivity contribution is 5.86. The maximum atomic E-state index is 12.4. The minimum absolute atomic E-state index is 0. The quantitative estimate of drug-likeness (QED) is 0.822. The average molecular weight is 261 g/mol. The number of hydrogen-bond acceptors (Lipinski definition) is 2. The third-order valence-corrected chi connectivity index (χ3v) is 4.17. The van der Waals surface area contributed by atoms with Crippen molar-refractivity contribution in [1.29, 1.82) is 0 Å². The van der Waals surface area contributed by atoms with Gasteiger partial charge in [0.2, 0.25) is 5.91 Å². The second-order valence-corrected chi connectivity index (χ2v) is 5.42. The zero-order chi connectivity index (χ0) is 11.6. The molecule has 0 radical (unpaired) electrons.